The van der Waals surface area contributed by atoms with Crippen molar-refractivity contribution in [1.29, 1.82) is 0 Å². The van der Waals surface area contributed by atoms with Crippen LogP contribution >= 0.6 is 11.8 Å². The van der Waals surface area contributed by atoms with Gasteiger partial charge in [-0.3, -0.25) is 10.1 Å². The highest BCUT2D eigenvalue weighted by Crippen LogP contribution is 2.31. The van der Waals surface area contributed by atoms with E-state index in [-0.39, 0.29) is 18.6 Å². The average Bonchev–Trinajstić information content (AvgIpc) is 2.77. The number of halogens is 3. The summed E-state index contributed by atoms with van der Waals surface area (Å²) in [7, 11) is 0. The Morgan fingerprint density at radius 1 is 1.35 bits per heavy atom. The van der Waals surface area contributed by atoms with Crippen LogP contribution in [0, 0.1) is 0 Å². The maximum absolute atomic E-state index is 12.5. The highest BCUT2D eigenvalue weighted by Gasteiger charge is 2.33. The Hall–Kier alpha value is -1.21. The molecule has 7 heteroatoms. The molecule has 1 aromatic rings. The van der Waals surface area contributed by atoms with Crippen LogP contribution in [0.2, 0.25) is 0 Å². The molecule has 1 amide bonds. The van der Waals surface area contributed by atoms with Crippen LogP contribution in [0.15, 0.2) is 24.3 Å². The first-order valence-electron chi connectivity index (χ1n) is 6.12. The topological polar surface area (TPSA) is 32.3 Å². The largest absolute Gasteiger partial charge is 0.416 e. The summed E-state index contributed by atoms with van der Waals surface area (Å²) >= 11 is 1.62. The van der Waals surface area contributed by atoms with Crippen molar-refractivity contribution < 1.29 is 18.0 Å². The lowest BCUT2D eigenvalue weighted by atomic mass is 10.1. The van der Waals surface area contributed by atoms with E-state index in [1.165, 1.54) is 12.1 Å². The highest BCUT2D eigenvalue weighted by atomic mass is 32.2. The molecule has 20 heavy (non-hydrogen) atoms. The van der Waals surface area contributed by atoms with Crippen molar-refractivity contribution >= 4 is 17.7 Å². The predicted molar refractivity (Wildman–Crippen MR) is 72.3 cm³/mol. The van der Waals surface area contributed by atoms with E-state index in [1.807, 2.05) is 6.26 Å². The molecular formula is C13H15F3N2OS. The summed E-state index contributed by atoms with van der Waals surface area (Å²) in [4.78, 5) is 13.4. The number of nitrogens with one attached hydrogen (secondary N) is 1. The van der Waals surface area contributed by atoms with Crippen LogP contribution in [-0.2, 0) is 11.0 Å². The fraction of sp³-hybridized carbons (Fsp3) is 0.462. The average molecular weight is 304 g/mol. The molecule has 0 aliphatic carbocycles. The van der Waals surface area contributed by atoms with Crippen LogP contribution in [0.1, 0.15) is 17.3 Å². The third-order valence-electron chi connectivity index (χ3n) is 3.17. The number of nitrogens with zero attached hydrogens (tertiary/aromatic N) is 1. The number of hydrogen-bond donors (Lipinski definition) is 1. The summed E-state index contributed by atoms with van der Waals surface area (Å²) in [5.41, 5.74) is -0.00816. The number of hydrogen-bond acceptors (Lipinski definition) is 3. The lowest BCUT2D eigenvalue weighted by molar-refractivity contribution is -0.137. The second-order valence-corrected chi connectivity index (χ2v) is 5.47. The van der Waals surface area contributed by atoms with Crippen molar-refractivity contribution in [2.24, 2.45) is 0 Å². The van der Waals surface area contributed by atoms with Crippen molar-refractivity contribution in [3.8, 4) is 0 Å². The van der Waals surface area contributed by atoms with E-state index in [9.17, 15) is 18.0 Å². The Kier molecular flexibility index (Phi) is 4.59. The second-order valence-electron chi connectivity index (χ2n) is 4.48. The minimum absolute atomic E-state index is 0.0241. The third kappa shape index (κ3) is 3.27. The van der Waals surface area contributed by atoms with Crippen LogP contribution in [-0.4, -0.2) is 35.9 Å². The molecule has 1 aliphatic rings. The summed E-state index contributed by atoms with van der Waals surface area (Å²) in [6, 6.07) is 4.94. The number of benzene rings is 1. The van der Waals surface area contributed by atoms with Crippen LogP contribution in [0.5, 0.6) is 0 Å². The number of thioether (sulfide) groups is 1. The second kappa shape index (κ2) is 6.05. The summed E-state index contributed by atoms with van der Waals surface area (Å²) in [6.45, 7) is 0.804. The molecule has 3 nitrogen and oxygen atoms in total. The van der Waals surface area contributed by atoms with Crippen LogP contribution in [0.3, 0.4) is 0 Å². The number of alkyl halides is 3. The number of carbonyl (C=O) groups excluding carboxylic acids is 1. The van der Waals surface area contributed by atoms with Gasteiger partial charge < -0.3 is 4.90 Å². The normalized spacial score (nSPS) is 19.7. The Labute approximate surface area is 119 Å². The quantitative estimate of drug-likeness (QED) is 0.927. The maximum atomic E-state index is 12.5. The molecule has 1 saturated heterocycles. The van der Waals surface area contributed by atoms with Gasteiger partial charge in [-0.2, -0.15) is 24.9 Å². The zero-order valence-corrected chi connectivity index (χ0v) is 11.7. The van der Waals surface area contributed by atoms with Gasteiger partial charge in [-0.05, 0) is 24.0 Å². The van der Waals surface area contributed by atoms with E-state index in [2.05, 4.69) is 5.32 Å². The third-order valence-corrected chi connectivity index (χ3v) is 3.76. The van der Waals surface area contributed by atoms with E-state index in [0.717, 1.165) is 17.9 Å². The van der Waals surface area contributed by atoms with Gasteiger partial charge in [-0.15, -0.1) is 0 Å². The van der Waals surface area contributed by atoms with Crippen molar-refractivity contribution in [2.45, 2.75) is 12.3 Å². The standard InChI is InChI=1S/C13H15F3N2OS/c1-20-7-6-18-11(19)8-17-12(18)9-2-4-10(5-3-9)13(14,15)16/h2-5,12,17H,6-8H2,1H3. The van der Waals surface area contributed by atoms with Crippen molar-refractivity contribution in [3.05, 3.63) is 35.4 Å². The molecule has 0 saturated carbocycles. The molecule has 1 fully saturated rings. The number of amides is 1. The molecule has 0 radical (unpaired) electrons. The van der Waals surface area contributed by atoms with Gasteiger partial charge in [0.15, 0.2) is 0 Å². The van der Waals surface area contributed by atoms with E-state index >= 15 is 0 Å². The van der Waals surface area contributed by atoms with Gasteiger partial charge in [0.05, 0.1) is 12.1 Å². The maximum Gasteiger partial charge on any atom is 0.416 e. The van der Waals surface area contributed by atoms with E-state index in [0.29, 0.717) is 12.1 Å². The zero-order valence-electron chi connectivity index (χ0n) is 10.9. The summed E-state index contributed by atoms with van der Waals surface area (Å²) in [5, 5.41) is 3.03. The minimum atomic E-state index is -4.34. The van der Waals surface area contributed by atoms with Crippen LogP contribution in [0.25, 0.3) is 0 Å². The Bertz CT molecular complexity index is 475. The smallest absolute Gasteiger partial charge is 0.321 e. The molecule has 2 rings (SSSR count). The van der Waals surface area contributed by atoms with Gasteiger partial charge in [-0.25, -0.2) is 0 Å². The van der Waals surface area contributed by atoms with Gasteiger partial charge in [-0.1, -0.05) is 12.1 Å². The Morgan fingerprint density at radius 2 is 2.00 bits per heavy atom. The van der Waals surface area contributed by atoms with Gasteiger partial charge in [0, 0.05) is 12.3 Å². The first-order chi connectivity index (χ1) is 9.43. The van der Waals surface area contributed by atoms with Crippen molar-refractivity contribution in [2.75, 3.05) is 25.1 Å². The van der Waals surface area contributed by atoms with Gasteiger partial charge >= 0.3 is 6.18 Å². The molecule has 1 aromatic carbocycles. The number of rotatable bonds is 4. The lowest BCUT2D eigenvalue weighted by Gasteiger charge is -2.24. The van der Waals surface area contributed by atoms with Crippen molar-refractivity contribution in [3.63, 3.8) is 0 Å². The SMILES string of the molecule is CSCCN1C(=O)CNC1c1ccc(C(F)(F)F)cc1. The minimum Gasteiger partial charge on any atom is -0.321 e. The molecule has 0 bridgehead atoms. The van der Waals surface area contributed by atoms with Gasteiger partial charge in [0.1, 0.15) is 6.17 Å². The van der Waals surface area contributed by atoms with E-state index in [4.69, 9.17) is 0 Å². The molecular weight excluding hydrogens is 289 g/mol. The molecule has 0 spiro atoms. The van der Waals surface area contributed by atoms with Crippen LogP contribution in [0.4, 0.5) is 13.2 Å². The molecule has 1 atom stereocenters. The van der Waals surface area contributed by atoms with Crippen molar-refractivity contribution in [1.82, 2.24) is 10.2 Å². The Morgan fingerprint density at radius 3 is 2.55 bits per heavy atom. The monoisotopic (exact) mass is 304 g/mol. The summed E-state index contributed by atoms with van der Waals surface area (Å²) in [6.07, 6.45) is -2.73. The highest BCUT2D eigenvalue weighted by molar-refractivity contribution is 7.98. The fourth-order valence-corrected chi connectivity index (χ4v) is 2.51. The molecule has 1 N–H and O–H groups in total. The lowest BCUT2D eigenvalue weighted by Crippen LogP contribution is -2.32. The Balaban J connectivity index is 2.16. The molecule has 1 unspecified atom stereocenters. The van der Waals surface area contributed by atoms with E-state index in [1.54, 1.807) is 16.7 Å². The summed E-state index contributed by atoms with van der Waals surface area (Å²) in [5.74, 6) is 0.772. The van der Waals surface area contributed by atoms with Crippen LogP contribution < -0.4 is 5.32 Å². The predicted octanol–water partition coefficient (Wildman–Crippen LogP) is 2.50. The fourth-order valence-electron chi connectivity index (χ4n) is 2.14. The molecule has 1 aliphatic heterocycles. The molecule has 110 valence electrons. The van der Waals surface area contributed by atoms with E-state index < -0.39 is 11.7 Å². The van der Waals surface area contributed by atoms with Gasteiger partial charge in [0.2, 0.25) is 5.91 Å². The first-order valence-corrected chi connectivity index (χ1v) is 7.52. The van der Waals surface area contributed by atoms with Gasteiger partial charge in [0.25, 0.3) is 0 Å². The first kappa shape index (κ1) is 15.2. The molecule has 1 heterocycles. The molecule has 0 aromatic heterocycles. The number of carbonyl (C=O) groups is 1. The summed E-state index contributed by atoms with van der Waals surface area (Å²) < 4.78 is 37.6. The zero-order chi connectivity index (χ0) is 14.8.